The summed E-state index contributed by atoms with van der Waals surface area (Å²) < 4.78 is 0. The van der Waals surface area contributed by atoms with Gasteiger partial charge in [-0.05, 0) is 77.0 Å². The van der Waals surface area contributed by atoms with Crippen LogP contribution in [-0.2, 0) is 4.79 Å². The average Bonchev–Trinajstić information content (AvgIpc) is 2.95. The third-order valence-electron chi connectivity index (χ3n) is 5.50. The highest BCUT2D eigenvalue weighted by Crippen LogP contribution is 2.53. The fourth-order valence-electron chi connectivity index (χ4n) is 3.23. The minimum atomic E-state index is -0.0556. The Morgan fingerprint density at radius 3 is 1.57 bits per heavy atom. The molecule has 0 spiro atoms. The first-order chi connectivity index (χ1) is 9.58. The summed E-state index contributed by atoms with van der Waals surface area (Å²) in [5.74, 6) is 1.45. The summed E-state index contributed by atoms with van der Waals surface area (Å²) in [7, 11) is 0. The van der Waals surface area contributed by atoms with E-state index >= 15 is 0 Å². The lowest BCUT2D eigenvalue weighted by atomic mass is 9.81. The smallest absolute Gasteiger partial charge is 0.135 e. The van der Waals surface area contributed by atoms with Crippen molar-refractivity contribution >= 4 is 5.78 Å². The summed E-state index contributed by atoms with van der Waals surface area (Å²) in [6.45, 7) is 17.8. The minimum absolute atomic E-state index is 0.0556. The Kier molecular flexibility index (Phi) is 8.51. The fourth-order valence-corrected chi connectivity index (χ4v) is 3.23. The second-order valence-corrected chi connectivity index (χ2v) is 7.99. The second kappa shape index (κ2) is 8.76. The molecule has 2 aliphatic carbocycles. The largest absolute Gasteiger partial charge is 0.299 e. The maximum absolute atomic E-state index is 10.9. The zero-order valence-corrected chi connectivity index (χ0v) is 15.6. The molecule has 1 nitrogen and oxygen atoms in total. The van der Waals surface area contributed by atoms with E-state index in [0.717, 1.165) is 24.2 Å². The topological polar surface area (TPSA) is 17.1 Å². The van der Waals surface area contributed by atoms with E-state index in [9.17, 15) is 4.79 Å². The molecule has 2 rings (SSSR count). The predicted molar refractivity (Wildman–Crippen MR) is 94.5 cm³/mol. The zero-order chi connectivity index (χ0) is 16.7. The number of hydrogen-bond donors (Lipinski definition) is 0. The first kappa shape index (κ1) is 20.4. The first-order valence-electron chi connectivity index (χ1n) is 8.71. The summed E-state index contributed by atoms with van der Waals surface area (Å²) >= 11 is 0. The van der Waals surface area contributed by atoms with Gasteiger partial charge in [0.25, 0.3) is 0 Å². The number of hydrogen-bond acceptors (Lipinski definition) is 1. The van der Waals surface area contributed by atoms with Gasteiger partial charge in [0.2, 0.25) is 0 Å². The molecule has 1 heteroatoms. The van der Waals surface area contributed by atoms with Crippen molar-refractivity contribution in [3.05, 3.63) is 12.2 Å². The van der Waals surface area contributed by atoms with E-state index in [1.807, 2.05) is 20.8 Å². The maximum atomic E-state index is 10.9. The quantitative estimate of drug-likeness (QED) is 0.538. The van der Waals surface area contributed by atoms with Crippen LogP contribution in [0.1, 0.15) is 93.4 Å². The van der Waals surface area contributed by atoms with E-state index in [4.69, 9.17) is 0 Å². The Labute approximate surface area is 133 Å². The molecule has 2 bridgehead atoms. The molecule has 0 N–H and O–H groups in total. The van der Waals surface area contributed by atoms with Gasteiger partial charge < -0.3 is 0 Å². The first-order valence-corrected chi connectivity index (χ1v) is 8.71. The number of allylic oxidation sites excluding steroid dienone is 1. The highest BCUT2D eigenvalue weighted by molar-refractivity contribution is 5.81. The second-order valence-electron chi connectivity index (χ2n) is 7.99. The normalized spacial score (nSPS) is 26.3. The number of rotatable bonds is 3. The molecular weight excluding hydrogens is 256 g/mol. The highest BCUT2D eigenvalue weighted by atomic mass is 16.1. The van der Waals surface area contributed by atoms with Crippen LogP contribution in [0.3, 0.4) is 0 Å². The molecular formula is C20H38O. The van der Waals surface area contributed by atoms with Crippen LogP contribution in [0.15, 0.2) is 12.2 Å². The van der Waals surface area contributed by atoms with Crippen LogP contribution in [0, 0.1) is 16.7 Å². The number of ketones is 1. The summed E-state index contributed by atoms with van der Waals surface area (Å²) in [4.78, 5) is 10.9. The molecule has 0 aromatic heterocycles. The number of carbonyl (C=O) groups excluding carboxylic acids is 1. The molecule has 0 aliphatic heterocycles. The van der Waals surface area contributed by atoms with Gasteiger partial charge in [-0.3, -0.25) is 4.79 Å². The van der Waals surface area contributed by atoms with Crippen molar-refractivity contribution in [2.75, 3.05) is 0 Å². The number of fused-ring (bicyclic) bond motifs is 2. The van der Waals surface area contributed by atoms with Gasteiger partial charge in [0, 0.05) is 5.41 Å². The molecule has 0 unspecified atom stereocenters. The Hall–Kier alpha value is -0.590. The zero-order valence-electron chi connectivity index (χ0n) is 15.6. The molecule has 0 aromatic carbocycles. The van der Waals surface area contributed by atoms with Crippen LogP contribution in [0.25, 0.3) is 0 Å². The lowest BCUT2D eigenvalue weighted by molar-refractivity contribution is -0.126. The van der Waals surface area contributed by atoms with Crippen molar-refractivity contribution in [2.45, 2.75) is 93.4 Å². The highest BCUT2D eigenvalue weighted by Gasteiger charge is 2.40. The molecule has 0 atom stereocenters. The van der Waals surface area contributed by atoms with E-state index in [-0.39, 0.29) is 5.41 Å². The van der Waals surface area contributed by atoms with Gasteiger partial charge in [-0.15, -0.1) is 6.58 Å². The SMILES string of the molecule is C=C(C)C.CC12CCC(CC1)C2.CCC(C)(CC)C(C)=O. The van der Waals surface area contributed by atoms with Gasteiger partial charge in [-0.1, -0.05) is 33.3 Å². The third kappa shape index (κ3) is 7.29. The van der Waals surface area contributed by atoms with Crippen LogP contribution in [0.2, 0.25) is 0 Å². The van der Waals surface area contributed by atoms with E-state index in [1.54, 1.807) is 13.3 Å². The van der Waals surface area contributed by atoms with Crippen molar-refractivity contribution in [2.24, 2.45) is 16.7 Å². The van der Waals surface area contributed by atoms with Crippen molar-refractivity contribution in [3.8, 4) is 0 Å². The monoisotopic (exact) mass is 294 g/mol. The predicted octanol–water partition coefficient (Wildman–Crippen LogP) is 6.57. The summed E-state index contributed by atoms with van der Waals surface area (Å²) in [5, 5.41) is 0. The summed E-state index contributed by atoms with van der Waals surface area (Å²) in [6.07, 6.45) is 9.59. The van der Waals surface area contributed by atoms with Crippen molar-refractivity contribution in [3.63, 3.8) is 0 Å². The van der Waals surface area contributed by atoms with Crippen molar-refractivity contribution < 1.29 is 4.79 Å². The van der Waals surface area contributed by atoms with Crippen LogP contribution >= 0.6 is 0 Å². The molecule has 2 fully saturated rings. The molecule has 124 valence electrons. The van der Waals surface area contributed by atoms with Crippen molar-refractivity contribution in [1.82, 2.24) is 0 Å². The van der Waals surface area contributed by atoms with Crippen molar-refractivity contribution in [1.29, 1.82) is 0 Å². The summed E-state index contributed by atoms with van der Waals surface area (Å²) in [6, 6.07) is 0. The number of carbonyl (C=O) groups is 1. The molecule has 21 heavy (non-hydrogen) atoms. The molecule has 0 heterocycles. The third-order valence-corrected chi connectivity index (χ3v) is 5.50. The van der Waals surface area contributed by atoms with Gasteiger partial charge in [0.15, 0.2) is 0 Å². The van der Waals surface area contributed by atoms with E-state index in [2.05, 4.69) is 27.4 Å². The van der Waals surface area contributed by atoms with E-state index < -0.39 is 0 Å². The summed E-state index contributed by atoms with van der Waals surface area (Å²) in [5.41, 5.74) is 1.92. The fraction of sp³-hybridized carbons (Fsp3) is 0.850. The van der Waals surface area contributed by atoms with E-state index in [1.165, 1.54) is 31.3 Å². The van der Waals surface area contributed by atoms with Crippen LogP contribution in [0.4, 0.5) is 0 Å². The Balaban J connectivity index is 0.000000307. The molecule has 0 saturated heterocycles. The van der Waals surface area contributed by atoms with Crippen LogP contribution in [-0.4, -0.2) is 5.78 Å². The molecule has 0 radical (unpaired) electrons. The molecule has 2 aliphatic rings. The van der Waals surface area contributed by atoms with Gasteiger partial charge >= 0.3 is 0 Å². The molecule has 0 amide bonds. The lowest BCUT2D eigenvalue weighted by Crippen LogP contribution is -2.23. The Morgan fingerprint density at radius 2 is 1.52 bits per heavy atom. The van der Waals surface area contributed by atoms with Gasteiger partial charge in [-0.2, -0.15) is 0 Å². The lowest BCUT2D eigenvalue weighted by Gasteiger charge is -2.22. The Morgan fingerprint density at radius 1 is 1.14 bits per heavy atom. The van der Waals surface area contributed by atoms with Gasteiger partial charge in [0.1, 0.15) is 5.78 Å². The van der Waals surface area contributed by atoms with Gasteiger partial charge in [0.05, 0.1) is 0 Å². The molecule has 2 saturated carbocycles. The van der Waals surface area contributed by atoms with E-state index in [0.29, 0.717) is 5.78 Å². The average molecular weight is 295 g/mol. The van der Waals surface area contributed by atoms with Crippen LogP contribution in [0.5, 0.6) is 0 Å². The number of Topliss-reactive ketones (excluding diaryl/α,β-unsaturated/α-hetero) is 1. The maximum Gasteiger partial charge on any atom is 0.135 e. The standard InChI is InChI=1S/C8H16O.C8H14.C4H8/c1-5-8(4,6-2)7(3)9;1-8-4-2-7(6-8)3-5-8;1-4(2)3/h5-6H2,1-4H3;7H,2-6H2,1H3;1H2,2-3H3. The Bertz CT molecular complexity index is 324. The van der Waals surface area contributed by atoms with Crippen LogP contribution < -0.4 is 0 Å². The van der Waals surface area contributed by atoms with Gasteiger partial charge in [-0.25, -0.2) is 0 Å². The molecule has 0 aromatic rings. The minimum Gasteiger partial charge on any atom is -0.299 e.